The summed E-state index contributed by atoms with van der Waals surface area (Å²) in [5.74, 6) is -0.193. The molecule has 1 aliphatic heterocycles. The minimum Gasteiger partial charge on any atom is -0.376 e. The first-order valence-electron chi connectivity index (χ1n) is 9.54. The van der Waals surface area contributed by atoms with Gasteiger partial charge in [0.1, 0.15) is 12.8 Å². The van der Waals surface area contributed by atoms with Crippen molar-refractivity contribution in [1.82, 2.24) is 10.1 Å². The van der Waals surface area contributed by atoms with Crippen LogP contribution in [0.3, 0.4) is 0 Å². The Kier molecular flexibility index (Phi) is 6.14. The molecule has 7 nitrogen and oxygen atoms in total. The first-order valence-corrected chi connectivity index (χ1v) is 9.54. The molecular weight excluding hydrogens is 358 g/mol. The van der Waals surface area contributed by atoms with E-state index in [1.54, 1.807) is 6.07 Å². The fourth-order valence-corrected chi connectivity index (χ4v) is 3.18. The summed E-state index contributed by atoms with van der Waals surface area (Å²) in [6.07, 6.45) is 3.19. The summed E-state index contributed by atoms with van der Waals surface area (Å²) in [5, 5.41) is 6.30. The lowest BCUT2D eigenvalue weighted by molar-refractivity contribution is -0.117. The van der Waals surface area contributed by atoms with Gasteiger partial charge in [0.25, 0.3) is 5.91 Å². The lowest BCUT2D eigenvalue weighted by atomic mass is 9.86. The second-order valence-corrected chi connectivity index (χ2v) is 8.08. The maximum atomic E-state index is 13.1. The molecule has 2 amide bonds. The van der Waals surface area contributed by atoms with Crippen LogP contribution in [0.5, 0.6) is 0 Å². The molecule has 0 aliphatic carbocycles. The zero-order chi connectivity index (χ0) is 20.1. The van der Waals surface area contributed by atoms with Crippen molar-refractivity contribution in [2.24, 2.45) is 0 Å². The van der Waals surface area contributed by atoms with Crippen LogP contribution in [-0.4, -0.2) is 47.7 Å². The number of hydrogen-bond acceptors (Lipinski definition) is 5. The van der Waals surface area contributed by atoms with E-state index in [4.69, 9.17) is 9.26 Å². The van der Waals surface area contributed by atoms with Crippen LogP contribution in [0.2, 0.25) is 0 Å². The van der Waals surface area contributed by atoms with Crippen molar-refractivity contribution < 1.29 is 18.8 Å². The van der Waals surface area contributed by atoms with Gasteiger partial charge in [0.15, 0.2) is 5.82 Å². The third-order valence-corrected chi connectivity index (χ3v) is 4.77. The van der Waals surface area contributed by atoms with Gasteiger partial charge < -0.3 is 19.5 Å². The molecule has 0 bridgehead atoms. The summed E-state index contributed by atoms with van der Waals surface area (Å²) in [5.41, 5.74) is 1.72. The van der Waals surface area contributed by atoms with Crippen LogP contribution < -0.4 is 5.32 Å². The van der Waals surface area contributed by atoms with Crippen molar-refractivity contribution in [2.45, 2.75) is 45.1 Å². The smallest absolute Gasteiger partial charge is 0.254 e. The number of nitrogens with zero attached hydrogens (tertiary/aromatic N) is 2. The molecule has 1 aromatic heterocycles. The van der Waals surface area contributed by atoms with Crippen molar-refractivity contribution >= 4 is 17.6 Å². The Balaban J connectivity index is 1.72. The molecule has 1 saturated heterocycles. The highest BCUT2D eigenvalue weighted by Gasteiger charge is 2.26. The van der Waals surface area contributed by atoms with Crippen LogP contribution in [0.1, 0.15) is 49.5 Å². The Labute approximate surface area is 165 Å². The maximum absolute atomic E-state index is 13.1. The summed E-state index contributed by atoms with van der Waals surface area (Å²) in [6.45, 7) is 7.38. The largest absolute Gasteiger partial charge is 0.376 e. The van der Waals surface area contributed by atoms with E-state index in [1.807, 2.05) is 24.3 Å². The molecule has 150 valence electrons. The fraction of sp³-hybridized carbons (Fsp3) is 0.476. The molecule has 0 saturated carbocycles. The highest BCUT2D eigenvalue weighted by molar-refractivity contribution is 5.99. The lowest BCUT2D eigenvalue weighted by Gasteiger charge is -2.25. The molecule has 1 aromatic carbocycles. The standard InChI is InChI=1S/C21H27N3O4/c1-21(2,3)16-8-6-15(7-9-16)20(26)24(13-17-5-4-11-27-17)14-19(25)22-18-10-12-28-23-18/h6-10,12,17H,4-5,11,13-14H2,1-3H3,(H,22,23,25). The molecule has 0 spiro atoms. The lowest BCUT2D eigenvalue weighted by Crippen LogP contribution is -2.42. The summed E-state index contributed by atoms with van der Waals surface area (Å²) in [6, 6.07) is 9.12. The second kappa shape index (κ2) is 8.56. The van der Waals surface area contributed by atoms with Gasteiger partial charge in [0.05, 0.1) is 6.10 Å². The van der Waals surface area contributed by atoms with E-state index in [0.717, 1.165) is 18.4 Å². The monoisotopic (exact) mass is 385 g/mol. The van der Waals surface area contributed by atoms with E-state index in [0.29, 0.717) is 24.5 Å². The Morgan fingerprint density at radius 2 is 1.96 bits per heavy atom. The first kappa shape index (κ1) is 20.1. The van der Waals surface area contributed by atoms with Gasteiger partial charge in [-0.1, -0.05) is 38.1 Å². The Morgan fingerprint density at radius 1 is 1.21 bits per heavy atom. The number of rotatable bonds is 6. The molecule has 1 unspecified atom stereocenters. The molecule has 2 aromatic rings. The molecule has 3 rings (SSSR count). The predicted molar refractivity (Wildman–Crippen MR) is 105 cm³/mol. The molecule has 28 heavy (non-hydrogen) atoms. The van der Waals surface area contributed by atoms with E-state index in [1.165, 1.54) is 11.2 Å². The van der Waals surface area contributed by atoms with Gasteiger partial charge in [0.2, 0.25) is 5.91 Å². The Bertz CT molecular complexity index is 788. The minimum atomic E-state index is -0.327. The van der Waals surface area contributed by atoms with Gasteiger partial charge in [-0.3, -0.25) is 9.59 Å². The van der Waals surface area contributed by atoms with E-state index in [-0.39, 0.29) is 29.9 Å². The zero-order valence-electron chi connectivity index (χ0n) is 16.6. The van der Waals surface area contributed by atoms with Crippen LogP contribution in [0, 0.1) is 0 Å². The number of carbonyl (C=O) groups excluding carboxylic acids is 2. The predicted octanol–water partition coefficient (Wildman–Crippen LogP) is 3.23. The van der Waals surface area contributed by atoms with Gasteiger partial charge in [-0.05, 0) is 36.0 Å². The van der Waals surface area contributed by atoms with Crippen molar-refractivity contribution in [3.05, 3.63) is 47.7 Å². The average molecular weight is 385 g/mol. The quantitative estimate of drug-likeness (QED) is 0.825. The molecule has 1 fully saturated rings. The maximum Gasteiger partial charge on any atom is 0.254 e. The van der Waals surface area contributed by atoms with E-state index >= 15 is 0 Å². The number of carbonyl (C=O) groups is 2. The van der Waals surface area contributed by atoms with Crippen molar-refractivity contribution in [2.75, 3.05) is 25.0 Å². The average Bonchev–Trinajstić information content (AvgIpc) is 3.34. The van der Waals surface area contributed by atoms with Gasteiger partial charge in [-0.15, -0.1) is 0 Å². The van der Waals surface area contributed by atoms with Crippen LogP contribution >= 0.6 is 0 Å². The topological polar surface area (TPSA) is 84.7 Å². The molecular formula is C21H27N3O4. The summed E-state index contributed by atoms with van der Waals surface area (Å²) < 4.78 is 10.4. The number of benzene rings is 1. The molecule has 7 heteroatoms. The van der Waals surface area contributed by atoms with Gasteiger partial charge in [-0.2, -0.15) is 0 Å². The Morgan fingerprint density at radius 3 is 2.54 bits per heavy atom. The third kappa shape index (κ3) is 5.19. The van der Waals surface area contributed by atoms with E-state index < -0.39 is 0 Å². The first-order chi connectivity index (χ1) is 13.3. The molecule has 2 heterocycles. The van der Waals surface area contributed by atoms with Crippen molar-refractivity contribution in [3.63, 3.8) is 0 Å². The summed E-state index contributed by atoms with van der Waals surface area (Å²) in [7, 11) is 0. The highest BCUT2D eigenvalue weighted by atomic mass is 16.5. The molecule has 1 N–H and O–H groups in total. The number of nitrogens with one attached hydrogen (secondary N) is 1. The van der Waals surface area contributed by atoms with Crippen LogP contribution in [0.15, 0.2) is 41.1 Å². The number of aromatic nitrogens is 1. The third-order valence-electron chi connectivity index (χ3n) is 4.77. The van der Waals surface area contributed by atoms with E-state index in [9.17, 15) is 9.59 Å². The van der Waals surface area contributed by atoms with Crippen LogP contribution in [0.4, 0.5) is 5.82 Å². The zero-order valence-corrected chi connectivity index (χ0v) is 16.6. The normalized spacial score (nSPS) is 16.8. The van der Waals surface area contributed by atoms with Crippen LogP contribution in [-0.2, 0) is 14.9 Å². The van der Waals surface area contributed by atoms with Crippen LogP contribution in [0.25, 0.3) is 0 Å². The van der Waals surface area contributed by atoms with Gasteiger partial charge in [-0.25, -0.2) is 0 Å². The highest BCUT2D eigenvalue weighted by Crippen LogP contribution is 2.23. The van der Waals surface area contributed by atoms with Crippen molar-refractivity contribution in [1.29, 1.82) is 0 Å². The number of amides is 2. The Hall–Kier alpha value is -2.67. The summed E-state index contributed by atoms with van der Waals surface area (Å²) in [4.78, 5) is 27.0. The van der Waals surface area contributed by atoms with Gasteiger partial charge >= 0.3 is 0 Å². The number of hydrogen-bond donors (Lipinski definition) is 1. The molecule has 0 radical (unpaired) electrons. The SMILES string of the molecule is CC(C)(C)c1ccc(C(=O)N(CC(=O)Nc2ccon2)CC2CCCO2)cc1. The van der Waals surface area contributed by atoms with E-state index in [2.05, 4.69) is 31.2 Å². The molecule has 1 atom stereocenters. The number of ether oxygens (including phenoxy) is 1. The molecule has 1 aliphatic rings. The van der Waals surface area contributed by atoms with Crippen molar-refractivity contribution in [3.8, 4) is 0 Å². The number of anilines is 1. The minimum absolute atomic E-state index is 0.0103. The van der Waals surface area contributed by atoms with Gasteiger partial charge in [0, 0.05) is 24.8 Å². The summed E-state index contributed by atoms with van der Waals surface area (Å²) >= 11 is 0. The second-order valence-electron chi connectivity index (χ2n) is 8.08. The fourth-order valence-electron chi connectivity index (χ4n) is 3.18.